The van der Waals surface area contributed by atoms with Crippen LogP contribution in [0.25, 0.3) is 4.96 Å². The summed E-state index contributed by atoms with van der Waals surface area (Å²) >= 11 is 1.68. The number of urea groups is 1. The van der Waals surface area contributed by atoms with E-state index in [1.165, 1.54) is 5.69 Å². The molecule has 3 aliphatic heterocycles. The Bertz CT molecular complexity index is 1380. The SMILES string of the molecule is CCN1C(=O)N2Cc3cc(OC)cc(OC)c3[C@@H](C)C=C2C12CCN(Cc1c(C)nc3sccn13)CC2. The van der Waals surface area contributed by atoms with Crippen molar-refractivity contribution in [2.75, 3.05) is 33.9 Å². The van der Waals surface area contributed by atoms with Gasteiger partial charge in [0.2, 0.25) is 0 Å². The van der Waals surface area contributed by atoms with Gasteiger partial charge in [0.15, 0.2) is 4.96 Å². The average Bonchev–Trinajstić information content (AvgIpc) is 3.49. The molecule has 0 radical (unpaired) electrons. The number of likely N-dealkylation sites (N-methyl/N-ethyl adjacent to an activating group) is 1. The van der Waals surface area contributed by atoms with Gasteiger partial charge >= 0.3 is 6.03 Å². The maximum absolute atomic E-state index is 13.8. The summed E-state index contributed by atoms with van der Waals surface area (Å²) in [6, 6.07) is 4.11. The zero-order valence-electron chi connectivity index (χ0n) is 22.3. The van der Waals surface area contributed by atoms with Gasteiger partial charge in [-0.15, -0.1) is 11.3 Å². The number of aryl methyl sites for hydroxylation is 1. The Kier molecular flexibility index (Phi) is 5.95. The van der Waals surface area contributed by atoms with Crippen molar-refractivity contribution in [2.45, 2.75) is 58.2 Å². The molecule has 1 spiro atoms. The van der Waals surface area contributed by atoms with Crippen molar-refractivity contribution in [3.63, 3.8) is 0 Å². The lowest BCUT2D eigenvalue weighted by Gasteiger charge is -2.44. The van der Waals surface area contributed by atoms with Crippen LogP contribution >= 0.6 is 11.3 Å². The summed E-state index contributed by atoms with van der Waals surface area (Å²) in [5.74, 6) is 1.69. The average molecular weight is 522 g/mol. The number of fused-ring (bicyclic) bond motifs is 4. The third kappa shape index (κ3) is 3.66. The van der Waals surface area contributed by atoms with Crippen LogP contribution in [0, 0.1) is 6.92 Å². The quantitative estimate of drug-likeness (QED) is 0.472. The second-order valence-corrected chi connectivity index (χ2v) is 11.2. The van der Waals surface area contributed by atoms with E-state index in [1.54, 1.807) is 25.6 Å². The summed E-state index contributed by atoms with van der Waals surface area (Å²) in [5.41, 5.74) is 5.48. The van der Waals surface area contributed by atoms with Crippen molar-refractivity contribution in [1.82, 2.24) is 24.1 Å². The van der Waals surface area contributed by atoms with Crippen molar-refractivity contribution >= 4 is 22.3 Å². The second-order valence-electron chi connectivity index (χ2n) is 10.4. The molecule has 0 N–H and O–H groups in total. The van der Waals surface area contributed by atoms with Crippen LogP contribution in [0.5, 0.6) is 11.5 Å². The molecule has 8 nitrogen and oxygen atoms in total. The summed E-state index contributed by atoms with van der Waals surface area (Å²) in [7, 11) is 3.37. The van der Waals surface area contributed by atoms with E-state index in [2.05, 4.69) is 58.7 Å². The Morgan fingerprint density at radius 1 is 1.19 bits per heavy atom. The molecular weight excluding hydrogens is 486 g/mol. The van der Waals surface area contributed by atoms with Crippen molar-refractivity contribution in [1.29, 1.82) is 0 Å². The van der Waals surface area contributed by atoms with Crippen molar-refractivity contribution in [3.05, 3.63) is 58.0 Å². The Labute approximate surface area is 222 Å². The topological polar surface area (TPSA) is 62.6 Å². The number of benzene rings is 1. The van der Waals surface area contributed by atoms with Gasteiger partial charge in [0.25, 0.3) is 0 Å². The highest BCUT2D eigenvalue weighted by atomic mass is 32.1. The number of carbonyl (C=O) groups excluding carboxylic acids is 1. The van der Waals surface area contributed by atoms with Crippen LogP contribution in [-0.2, 0) is 13.1 Å². The highest BCUT2D eigenvalue weighted by Gasteiger charge is 2.54. The molecule has 2 amide bonds. The number of imidazole rings is 1. The van der Waals surface area contributed by atoms with Gasteiger partial charge in [0.05, 0.1) is 37.7 Å². The number of ether oxygens (including phenoxy) is 2. The minimum Gasteiger partial charge on any atom is -0.497 e. The van der Waals surface area contributed by atoms with E-state index in [9.17, 15) is 4.79 Å². The first kappa shape index (κ1) is 24.3. The first-order chi connectivity index (χ1) is 17.9. The molecule has 0 saturated carbocycles. The molecule has 0 bridgehead atoms. The van der Waals surface area contributed by atoms with Crippen LogP contribution in [0.1, 0.15) is 55.1 Å². The van der Waals surface area contributed by atoms with Gasteiger partial charge in [-0.2, -0.15) is 0 Å². The van der Waals surface area contributed by atoms with Crippen molar-refractivity contribution < 1.29 is 14.3 Å². The number of aromatic nitrogens is 2. The minimum atomic E-state index is -0.278. The summed E-state index contributed by atoms with van der Waals surface area (Å²) in [4.78, 5) is 26.3. The number of piperidine rings is 1. The van der Waals surface area contributed by atoms with Crippen LogP contribution in [0.15, 0.2) is 35.5 Å². The van der Waals surface area contributed by atoms with E-state index in [0.29, 0.717) is 13.1 Å². The zero-order valence-corrected chi connectivity index (χ0v) is 23.1. The third-order valence-corrected chi connectivity index (χ3v) is 9.29. The molecule has 3 aliphatic rings. The number of carbonyl (C=O) groups is 1. The highest BCUT2D eigenvalue weighted by molar-refractivity contribution is 7.15. The largest absolute Gasteiger partial charge is 0.497 e. The normalized spacial score (nSPS) is 21.3. The molecule has 2 fully saturated rings. The van der Waals surface area contributed by atoms with E-state index < -0.39 is 0 Å². The predicted molar refractivity (Wildman–Crippen MR) is 144 cm³/mol. The van der Waals surface area contributed by atoms with Crippen molar-refractivity contribution in [2.24, 2.45) is 0 Å². The Morgan fingerprint density at radius 3 is 2.68 bits per heavy atom. The third-order valence-electron chi connectivity index (χ3n) is 8.53. The number of rotatable bonds is 5. The number of allylic oxidation sites excluding steroid dienone is 1. The smallest absolute Gasteiger partial charge is 0.325 e. The molecule has 2 aromatic heterocycles. The van der Waals surface area contributed by atoms with Gasteiger partial charge in [0, 0.05) is 61.0 Å². The fourth-order valence-electron chi connectivity index (χ4n) is 6.69. The Balaban J connectivity index is 1.32. The minimum absolute atomic E-state index is 0.107. The number of nitrogens with zero attached hydrogens (tertiary/aromatic N) is 5. The molecule has 196 valence electrons. The second kappa shape index (κ2) is 9.06. The Morgan fingerprint density at radius 2 is 1.97 bits per heavy atom. The molecule has 1 atom stereocenters. The molecule has 6 rings (SSSR count). The fraction of sp³-hybridized carbons (Fsp3) is 0.500. The lowest BCUT2D eigenvalue weighted by molar-refractivity contribution is 0.0880. The summed E-state index contributed by atoms with van der Waals surface area (Å²) < 4.78 is 13.5. The molecule has 1 aromatic carbocycles. The maximum atomic E-state index is 13.8. The van der Waals surface area contributed by atoms with Crippen LogP contribution in [0.3, 0.4) is 0 Å². The predicted octanol–water partition coefficient (Wildman–Crippen LogP) is 5.01. The van der Waals surface area contributed by atoms with Crippen LogP contribution in [-0.4, -0.2) is 69.5 Å². The first-order valence-electron chi connectivity index (χ1n) is 13.1. The Hall–Kier alpha value is -3.04. The molecule has 9 heteroatoms. The molecule has 5 heterocycles. The number of amides is 2. The van der Waals surface area contributed by atoms with Gasteiger partial charge in [-0.25, -0.2) is 9.78 Å². The lowest BCUT2D eigenvalue weighted by Crippen LogP contribution is -2.53. The highest BCUT2D eigenvalue weighted by Crippen LogP contribution is 2.49. The maximum Gasteiger partial charge on any atom is 0.325 e. The van der Waals surface area contributed by atoms with E-state index in [-0.39, 0.29) is 17.5 Å². The van der Waals surface area contributed by atoms with Gasteiger partial charge < -0.3 is 14.4 Å². The first-order valence-corrected chi connectivity index (χ1v) is 14.0. The van der Waals surface area contributed by atoms with Crippen molar-refractivity contribution in [3.8, 4) is 11.5 Å². The van der Waals surface area contributed by atoms with E-state index in [1.807, 2.05) is 11.0 Å². The van der Waals surface area contributed by atoms with Crippen LogP contribution in [0.4, 0.5) is 4.79 Å². The summed E-state index contributed by atoms with van der Waals surface area (Å²) in [6.07, 6.45) is 6.28. The summed E-state index contributed by atoms with van der Waals surface area (Å²) in [6.45, 7) is 10.4. The van der Waals surface area contributed by atoms with Gasteiger partial charge in [-0.1, -0.05) is 13.0 Å². The van der Waals surface area contributed by atoms with Crippen LogP contribution < -0.4 is 9.47 Å². The van der Waals surface area contributed by atoms with Gasteiger partial charge in [-0.3, -0.25) is 14.2 Å². The number of likely N-dealkylation sites (tertiary alicyclic amines) is 1. The molecule has 0 aliphatic carbocycles. The molecule has 2 saturated heterocycles. The molecule has 0 unspecified atom stereocenters. The van der Waals surface area contributed by atoms with Gasteiger partial charge in [-0.05, 0) is 38.3 Å². The van der Waals surface area contributed by atoms with E-state index in [4.69, 9.17) is 14.5 Å². The lowest BCUT2D eigenvalue weighted by atomic mass is 9.82. The van der Waals surface area contributed by atoms with E-state index >= 15 is 0 Å². The fourth-order valence-corrected chi connectivity index (χ4v) is 7.47. The molecule has 3 aromatic rings. The summed E-state index contributed by atoms with van der Waals surface area (Å²) in [5, 5.41) is 2.09. The number of methoxy groups -OCH3 is 2. The van der Waals surface area contributed by atoms with E-state index in [0.717, 1.165) is 71.5 Å². The van der Waals surface area contributed by atoms with Gasteiger partial charge in [0.1, 0.15) is 11.5 Å². The number of hydrogen-bond acceptors (Lipinski definition) is 6. The molecular formula is C28H35N5O3S. The van der Waals surface area contributed by atoms with Crippen LogP contribution in [0.2, 0.25) is 0 Å². The monoisotopic (exact) mass is 521 g/mol. The zero-order chi connectivity index (χ0) is 25.9. The number of thiazole rings is 1. The molecule has 37 heavy (non-hydrogen) atoms. The standard InChI is InChI=1S/C28H35N5O3S/c1-6-33-27(34)32-16-20-14-21(35-4)15-23(36-5)25(20)18(2)13-24(32)28(33)7-9-30(10-8-28)17-22-19(3)29-26-31(22)11-12-37-26/h11-15,18H,6-10,16-17H2,1-5H3/t18-/m0/s1. The number of hydrogen-bond donors (Lipinski definition) is 0.